The molecular weight excluding hydrogens is 348 g/mol. The number of hydrogen-bond donors (Lipinski definition) is 0. The van der Waals surface area contributed by atoms with Crippen LogP contribution in [-0.4, -0.2) is 76.7 Å². The maximum atomic E-state index is 12.7. The lowest BCUT2D eigenvalue weighted by Gasteiger charge is -2.25. The standard InChI is InChI=1S/C20H30N2O5/c1-15(20(24)27-6)14-22(12-11-21(2)3)19(23)10-7-16-13-17(25-4)8-9-18(16)26-5/h7-10,13,15H,11-12,14H2,1-6H3/b10-7+. The normalized spacial score (nSPS) is 12.1. The molecule has 0 fully saturated rings. The number of benzene rings is 1. The van der Waals surface area contributed by atoms with E-state index in [1.807, 2.05) is 19.0 Å². The summed E-state index contributed by atoms with van der Waals surface area (Å²) in [5, 5.41) is 0. The quantitative estimate of drug-likeness (QED) is 0.458. The first-order chi connectivity index (χ1) is 12.8. The molecule has 0 radical (unpaired) electrons. The first-order valence-corrected chi connectivity index (χ1v) is 8.74. The number of rotatable bonds is 10. The predicted octanol–water partition coefficient (Wildman–Crippen LogP) is 1.92. The fraction of sp³-hybridized carbons (Fsp3) is 0.500. The van der Waals surface area contributed by atoms with Gasteiger partial charge in [0.2, 0.25) is 5.91 Å². The van der Waals surface area contributed by atoms with Crippen molar-refractivity contribution in [3.05, 3.63) is 29.8 Å². The number of hydrogen-bond acceptors (Lipinski definition) is 6. The number of carbonyl (C=O) groups excluding carboxylic acids is 2. The Morgan fingerprint density at radius 3 is 2.37 bits per heavy atom. The first kappa shape index (κ1) is 22.5. The predicted molar refractivity (Wildman–Crippen MR) is 105 cm³/mol. The fourth-order valence-corrected chi connectivity index (χ4v) is 2.45. The number of nitrogens with zero attached hydrogens (tertiary/aromatic N) is 2. The minimum atomic E-state index is -0.402. The van der Waals surface area contributed by atoms with Crippen LogP contribution in [0.15, 0.2) is 24.3 Å². The third-order valence-corrected chi connectivity index (χ3v) is 4.07. The number of esters is 1. The van der Waals surface area contributed by atoms with Crippen molar-refractivity contribution in [1.29, 1.82) is 0 Å². The Hall–Kier alpha value is -2.54. The molecule has 0 spiro atoms. The second-order valence-electron chi connectivity index (χ2n) is 6.45. The van der Waals surface area contributed by atoms with Gasteiger partial charge in [-0.25, -0.2) is 0 Å². The Labute approximate surface area is 161 Å². The minimum Gasteiger partial charge on any atom is -0.497 e. The van der Waals surface area contributed by atoms with E-state index in [1.54, 1.807) is 50.3 Å². The summed E-state index contributed by atoms with van der Waals surface area (Å²) in [6, 6.07) is 5.37. The van der Waals surface area contributed by atoms with Crippen LogP contribution in [0.1, 0.15) is 12.5 Å². The van der Waals surface area contributed by atoms with E-state index in [0.29, 0.717) is 31.1 Å². The summed E-state index contributed by atoms with van der Waals surface area (Å²) in [7, 11) is 8.37. The average molecular weight is 378 g/mol. The third kappa shape index (κ3) is 7.30. The van der Waals surface area contributed by atoms with E-state index in [2.05, 4.69) is 0 Å². The molecule has 0 heterocycles. The molecule has 7 heteroatoms. The summed E-state index contributed by atoms with van der Waals surface area (Å²) in [6.45, 7) is 3.23. The van der Waals surface area contributed by atoms with Gasteiger partial charge in [-0.3, -0.25) is 9.59 Å². The maximum absolute atomic E-state index is 12.7. The molecule has 0 aliphatic rings. The van der Waals surface area contributed by atoms with E-state index in [1.165, 1.54) is 13.2 Å². The SMILES string of the molecule is COC(=O)C(C)CN(CCN(C)C)C(=O)/C=C/c1cc(OC)ccc1OC. The summed E-state index contributed by atoms with van der Waals surface area (Å²) in [5.41, 5.74) is 0.735. The monoisotopic (exact) mass is 378 g/mol. The van der Waals surface area contributed by atoms with Crippen LogP contribution in [0.25, 0.3) is 6.08 Å². The molecule has 0 aliphatic heterocycles. The van der Waals surface area contributed by atoms with Gasteiger partial charge in [0.15, 0.2) is 0 Å². The molecule has 27 heavy (non-hydrogen) atoms. The molecule has 0 bridgehead atoms. The number of likely N-dealkylation sites (N-methyl/N-ethyl adjacent to an activating group) is 1. The molecule has 0 aliphatic carbocycles. The van der Waals surface area contributed by atoms with Gasteiger partial charge in [0, 0.05) is 31.3 Å². The highest BCUT2D eigenvalue weighted by Gasteiger charge is 2.20. The number of amides is 1. The van der Waals surface area contributed by atoms with Crippen molar-refractivity contribution in [1.82, 2.24) is 9.80 Å². The lowest BCUT2D eigenvalue weighted by Crippen LogP contribution is -2.40. The second-order valence-corrected chi connectivity index (χ2v) is 6.45. The molecule has 1 unspecified atom stereocenters. The number of methoxy groups -OCH3 is 3. The maximum Gasteiger partial charge on any atom is 0.310 e. The summed E-state index contributed by atoms with van der Waals surface area (Å²) in [5.74, 6) is 0.392. The Kier molecular flexibility index (Phi) is 9.36. The average Bonchev–Trinajstić information content (AvgIpc) is 2.67. The Morgan fingerprint density at radius 2 is 1.81 bits per heavy atom. The third-order valence-electron chi connectivity index (χ3n) is 4.07. The topological polar surface area (TPSA) is 68.3 Å². The van der Waals surface area contributed by atoms with E-state index < -0.39 is 5.92 Å². The summed E-state index contributed by atoms with van der Waals surface area (Å²) in [4.78, 5) is 28.1. The van der Waals surface area contributed by atoms with Gasteiger partial charge >= 0.3 is 5.97 Å². The molecule has 0 saturated carbocycles. The molecule has 1 aromatic rings. The van der Waals surface area contributed by atoms with Crippen LogP contribution < -0.4 is 9.47 Å². The molecule has 150 valence electrons. The smallest absolute Gasteiger partial charge is 0.310 e. The second kappa shape index (κ2) is 11.2. The zero-order valence-electron chi connectivity index (χ0n) is 17.0. The van der Waals surface area contributed by atoms with Gasteiger partial charge < -0.3 is 24.0 Å². The lowest BCUT2D eigenvalue weighted by atomic mass is 10.1. The van der Waals surface area contributed by atoms with E-state index in [0.717, 1.165) is 5.56 Å². The van der Waals surface area contributed by atoms with Gasteiger partial charge in [-0.2, -0.15) is 0 Å². The highest BCUT2D eigenvalue weighted by Crippen LogP contribution is 2.25. The fourth-order valence-electron chi connectivity index (χ4n) is 2.45. The summed E-state index contributed by atoms with van der Waals surface area (Å²) < 4.78 is 15.3. The van der Waals surface area contributed by atoms with Crippen molar-refractivity contribution in [2.75, 3.05) is 55.1 Å². The molecule has 0 aromatic heterocycles. The van der Waals surface area contributed by atoms with Gasteiger partial charge in [-0.05, 0) is 38.4 Å². The van der Waals surface area contributed by atoms with E-state index in [9.17, 15) is 9.59 Å². The molecule has 1 amide bonds. The van der Waals surface area contributed by atoms with Gasteiger partial charge in [-0.15, -0.1) is 0 Å². The summed E-state index contributed by atoms with van der Waals surface area (Å²) >= 11 is 0. The molecule has 1 aromatic carbocycles. The van der Waals surface area contributed by atoms with Crippen molar-refractivity contribution in [2.24, 2.45) is 5.92 Å². The van der Waals surface area contributed by atoms with Crippen molar-refractivity contribution in [3.63, 3.8) is 0 Å². The van der Waals surface area contributed by atoms with Crippen LogP contribution in [0.4, 0.5) is 0 Å². The minimum absolute atomic E-state index is 0.183. The Balaban J connectivity index is 2.97. The van der Waals surface area contributed by atoms with Crippen LogP contribution in [-0.2, 0) is 14.3 Å². The highest BCUT2D eigenvalue weighted by atomic mass is 16.5. The van der Waals surface area contributed by atoms with Crippen LogP contribution in [0.3, 0.4) is 0 Å². The van der Waals surface area contributed by atoms with Crippen molar-refractivity contribution < 1.29 is 23.8 Å². The molecule has 0 N–H and O–H groups in total. The zero-order valence-corrected chi connectivity index (χ0v) is 17.0. The van der Waals surface area contributed by atoms with E-state index in [4.69, 9.17) is 14.2 Å². The molecule has 1 atom stereocenters. The molecule has 7 nitrogen and oxygen atoms in total. The molecule has 1 rings (SSSR count). The van der Waals surface area contributed by atoms with Gasteiger partial charge in [0.1, 0.15) is 11.5 Å². The van der Waals surface area contributed by atoms with E-state index >= 15 is 0 Å². The first-order valence-electron chi connectivity index (χ1n) is 8.74. The zero-order chi connectivity index (χ0) is 20.4. The number of ether oxygens (including phenoxy) is 3. The molecular formula is C20H30N2O5. The van der Waals surface area contributed by atoms with Gasteiger partial charge in [0.25, 0.3) is 0 Å². The Morgan fingerprint density at radius 1 is 1.11 bits per heavy atom. The van der Waals surface area contributed by atoms with Gasteiger partial charge in [0.05, 0.1) is 27.2 Å². The summed E-state index contributed by atoms with van der Waals surface area (Å²) in [6.07, 6.45) is 3.17. The van der Waals surface area contributed by atoms with Crippen LogP contribution in [0.5, 0.6) is 11.5 Å². The highest BCUT2D eigenvalue weighted by molar-refractivity contribution is 5.92. The molecule has 0 saturated heterocycles. The van der Waals surface area contributed by atoms with Crippen molar-refractivity contribution in [3.8, 4) is 11.5 Å². The van der Waals surface area contributed by atoms with Crippen LogP contribution in [0.2, 0.25) is 0 Å². The number of carbonyl (C=O) groups is 2. The van der Waals surface area contributed by atoms with Crippen LogP contribution in [0, 0.1) is 5.92 Å². The largest absolute Gasteiger partial charge is 0.497 e. The van der Waals surface area contributed by atoms with Crippen molar-refractivity contribution in [2.45, 2.75) is 6.92 Å². The van der Waals surface area contributed by atoms with Crippen molar-refractivity contribution >= 4 is 18.0 Å². The lowest BCUT2D eigenvalue weighted by molar-refractivity contribution is -0.146. The van der Waals surface area contributed by atoms with Gasteiger partial charge in [-0.1, -0.05) is 6.92 Å². The van der Waals surface area contributed by atoms with Crippen LogP contribution >= 0.6 is 0 Å². The Bertz CT molecular complexity index is 658. The van der Waals surface area contributed by atoms with E-state index in [-0.39, 0.29) is 11.9 Å².